The Morgan fingerprint density at radius 1 is 0.800 bits per heavy atom. The van der Waals surface area contributed by atoms with Crippen LogP contribution in [0.2, 0.25) is 0 Å². The van der Waals surface area contributed by atoms with E-state index in [4.69, 9.17) is 0 Å². The summed E-state index contributed by atoms with van der Waals surface area (Å²) in [6.07, 6.45) is 3.62. The number of fused-ring (bicyclic) bond motifs is 3. The van der Waals surface area contributed by atoms with Gasteiger partial charge in [0.25, 0.3) is 0 Å². The summed E-state index contributed by atoms with van der Waals surface area (Å²) in [5.41, 5.74) is 2.02. The third-order valence-corrected chi connectivity index (χ3v) is 2.35. The van der Waals surface area contributed by atoms with Crippen molar-refractivity contribution in [2.75, 3.05) is 0 Å². The first-order valence-corrected chi connectivity index (χ1v) is 4.53. The van der Waals surface area contributed by atoms with Crippen LogP contribution in [0.1, 0.15) is 0 Å². The molecule has 0 fully saturated rings. The molecular weight excluding hydrogens is 223 g/mol. The van der Waals surface area contributed by atoms with Crippen LogP contribution in [0.25, 0.3) is 21.8 Å². The SMILES string of the molecule is [V].c1cnc2c(c1)ccc1ncccc12. The number of rotatable bonds is 0. The molecule has 2 nitrogen and oxygen atoms in total. The van der Waals surface area contributed by atoms with Crippen molar-refractivity contribution in [2.24, 2.45) is 0 Å². The van der Waals surface area contributed by atoms with Crippen molar-refractivity contribution in [1.29, 1.82) is 0 Å². The van der Waals surface area contributed by atoms with Crippen molar-refractivity contribution < 1.29 is 18.6 Å². The molecule has 0 saturated heterocycles. The van der Waals surface area contributed by atoms with Crippen molar-refractivity contribution in [3.8, 4) is 0 Å². The molecule has 0 N–H and O–H groups in total. The monoisotopic (exact) mass is 231 g/mol. The van der Waals surface area contributed by atoms with E-state index >= 15 is 0 Å². The van der Waals surface area contributed by atoms with Crippen LogP contribution in [-0.2, 0) is 18.6 Å². The predicted molar refractivity (Wildman–Crippen MR) is 57.0 cm³/mol. The van der Waals surface area contributed by atoms with Crippen molar-refractivity contribution in [2.45, 2.75) is 0 Å². The fourth-order valence-corrected chi connectivity index (χ4v) is 1.70. The van der Waals surface area contributed by atoms with E-state index < -0.39 is 0 Å². The topological polar surface area (TPSA) is 25.8 Å². The van der Waals surface area contributed by atoms with Gasteiger partial charge in [-0.2, -0.15) is 0 Å². The Kier molecular flexibility index (Phi) is 2.71. The summed E-state index contributed by atoms with van der Waals surface area (Å²) >= 11 is 0. The summed E-state index contributed by atoms with van der Waals surface area (Å²) in [4.78, 5) is 8.66. The molecule has 71 valence electrons. The first-order chi connectivity index (χ1) is 6.95. The van der Waals surface area contributed by atoms with Crippen molar-refractivity contribution in [3.05, 3.63) is 48.8 Å². The van der Waals surface area contributed by atoms with E-state index in [1.807, 2.05) is 24.4 Å². The average Bonchev–Trinajstić information content (AvgIpc) is 2.29. The van der Waals surface area contributed by atoms with Gasteiger partial charge >= 0.3 is 0 Å². The second kappa shape index (κ2) is 4.01. The molecular formula is C12H8N2V. The molecule has 2 aromatic heterocycles. The maximum absolute atomic E-state index is 4.37. The molecule has 0 atom stereocenters. The van der Waals surface area contributed by atoms with Crippen molar-refractivity contribution in [1.82, 2.24) is 9.97 Å². The number of hydrogen-bond donors (Lipinski definition) is 0. The molecule has 0 unspecified atom stereocenters. The molecule has 0 aliphatic rings. The fraction of sp³-hybridized carbons (Fsp3) is 0. The Labute approximate surface area is 99.2 Å². The van der Waals surface area contributed by atoms with E-state index in [0.29, 0.717) is 0 Å². The quantitative estimate of drug-likeness (QED) is 0.556. The van der Waals surface area contributed by atoms with Gasteiger partial charge in [-0.05, 0) is 24.3 Å². The summed E-state index contributed by atoms with van der Waals surface area (Å²) in [6.45, 7) is 0. The molecule has 3 aromatic rings. The van der Waals surface area contributed by atoms with Gasteiger partial charge in [0, 0.05) is 41.7 Å². The standard InChI is InChI=1S/C12H8N2.V/c1-3-9-5-6-11-10(4-2-7-13-11)12(9)14-8-1;/h1-8H;. The minimum atomic E-state index is 0. The smallest absolute Gasteiger partial charge is 0.0795 e. The van der Waals surface area contributed by atoms with Gasteiger partial charge in [0.05, 0.1) is 11.0 Å². The first-order valence-electron chi connectivity index (χ1n) is 4.53. The van der Waals surface area contributed by atoms with Gasteiger partial charge in [-0.25, -0.2) is 0 Å². The van der Waals surface area contributed by atoms with Crippen LogP contribution < -0.4 is 0 Å². The summed E-state index contributed by atoms with van der Waals surface area (Å²) in [5.74, 6) is 0. The Balaban J connectivity index is 0.000000853. The molecule has 0 amide bonds. The number of hydrogen-bond acceptors (Lipinski definition) is 2. The number of nitrogens with zero attached hydrogens (tertiary/aromatic N) is 2. The Morgan fingerprint density at radius 3 is 2.53 bits per heavy atom. The summed E-state index contributed by atoms with van der Waals surface area (Å²) in [7, 11) is 0. The molecule has 0 aliphatic heterocycles. The van der Waals surface area contributed by atoms with Crippen LogP contribution in [0.5, 0.6) is 0 Å². The number of pyridine rings is 2. The molecule has 3 rings (SSSR count). The molecule has 1 aromatic carbocycles. The van der Waals surface area contributed by atoms with Crippen molar-refractivity contribution >= 4 is 21.8 Å². The van der Waals surface area contributed by atoms with Crippen LogP contribution in [0, 0.1) is 0 Å². The second-order valence-corrected chi connectivity index (χ2v) is 3.21. The molecule has 0 bridgehead atoms. The molecule has 3 heteroatoms. The van der Waals surface area contributed by atoms with Crippen LogP contribution >= 0.6 is 0 Å². The van der Waals surface area contributed by atoms with Gasteiger partial charge in [0.1, 0.15) is 0 Å². The van der Waals surface area contributed by atoms with Gasteiger partial charge in [0.15, 0.2) is 0 Å². The molecule has 0 aliphatic carbocycles. The van der Waals surface area contributed by atoms with Crippen LogP contribution in [0.15, 0.2) is 48.8 Å². The van der Waals surface area contributed by atoms with E-state index in [0.717, 1.165) is 21.8 Å². The summed E-state index contributed by atoms with van der Waals surface area (Å²) in [6, 6.07) is 12.1. The average molecular weight is 231 g/mol. The number of benzene rings is 1. The second-order valence-electron chi connectivity index (χ2n) is 3.21. The normalized spacial score (nSPS) is 10.1. The third kappa shape index (κ3) is 1.62. The zero-order valence-corrected chi connectivity index (χ0v) is 9.36. The molecule has 1 radical (unpaired) electrons. The zero-order chi connectivity index (χ0) is 9.38. The molecule has 15 heavy (non-hydrogen) atoms. The van der Waals surface area contributed by atoms with E-state index in [1.54, 1.807) is 6.20 Å². The van der Waals surface area contributed by atoms with E-state index in [2.05, 4.69) is 28.2 Å². The van der Waals surface area contributed by atoms with Crippen LogP contribution in [0.4, 0.5) is 0 Å². The fourth-order valence-electron chi connectivity index (χ4n) is 1.70. The van der Waals surface area contributed by atoms with E-state index in [-0.39, 0.29) is 18.6 Å². The summed E-state index contributed by atoms with van der Waals surface area (Å²) < 4.78 is 0. The minimum Gasteiger partial charge on any atom is -0.256 e. The van der Waals surface area contributed by atoms with Crippen LogP contribution in [-0.4, -0.2) is 9.97 Å². The largest absolute Gasteiger partial charge is 0.256 e. The zero-order valence-electron chi connectivity index (χ0n) is 7.96. The predicted octanol–water partition coefficient (Wildman–Crippen LogP) is 2.78. The Morgan fingerprint density at radius 2 is 1.60 bits per heavy atom. The molecule has 2 heterocycles. The maximum atomic E-state index is 4.37. The molecule has 0 saturated carbocycles. The van der Waals surface area contributed by atoms with Gasteiger partial charge in [0.2, 0.25) is 0 Å². The van der Waals surface area contributed by atoms with Gasteiger partial charge < -0.3 is 0 Å². The Bertz CT molecular complexity index is 553. The maximum Gasteiger partial charge on any atom is 0.0795 e. The van der Waals surface area contributed by atoms with Gasteiger partial charge in [-0.15, -0.1) is 0 Å². The third-order valence-electron chi connectivity index (χ3n) is 2.35. The van der Waals surface area contributed by atoms with Crippen LogP contribution in [0.3, 0.4) is 0 Å². The van der Waals surface area contributed by atoms with Gasteiger partial charge in [-0.3, -0.25) is 9.97 Å². The number of aromatic nitrogens is 2. The van der Waals surface area contributed by atoms with Gasteiger partial charge in [-0.1, -0.05) is 12.1 Å². The first kappa shape index (κ1) is 10.2. The summed E-state index contributed by atoms with van der Waals surface area (Å²) in [5, 5.41) is 2.28. The van der Waals surface area contributed by atoms with E-state index in [9.17, 15) is 0 Å². The van der Waals surface area contributed by atoms with Crippen molar-refractivity contribution in [3.63, 3.8) is 0 Å². The minimum absolute atomic E-state index is 0. The molecule has 0 spiro atoms. The Hall–Kier alpha value is -1.38. The van der Waals surface area contributed by atoms with E-state index in [1.165, 1.54) is 0 Å².